The minimum Gasteiger partial charge on any atom is -0.0625 e. The van der Waals surface area contributed by atoms with Gasteiger partial charge in [-0.15, -0.1) is 0 Å². The molecule has 0 aliphatic heterocycles. The Hall–Kier alpha value is 0. The van der Waals surface area contributed by atoms with E-state index >= 15 is 0 Å². The van der Waals surface area contributed by atoms with E-state index in [-0.39, 0.29) is 0 Å². The molecule has 0 amide bonds. The first kappa shape index (κ1) is 16.8. The highest BCUT2D eigenvalue weighted by Gasteiger charge is 2.61. The highest BCUT2D eigenvalue weighted by molar-refractivity contribution is 5.10. The zero-order chi connectivity index (χ0) is 16.1. The number of rotatable bonds is 4. The van der Waals surface area contributed by atoms with Crippen molar-refractivity contribution >= 4 is 0 Å². The van der Waals surface area contributed by atoms with Crippen LogP contribution in [-0.4, -0.2) is 0 Å². The van der Waals surface area contributed by atoms with E-state index in [1.807, 2.05) is 0 Å². The molecule has 0 aromatic heterocycles. The van der Waals surface area contributed by atoms with E-state index in [0.29, 0.717) is 10.8 Å². The van der Waals surface area contributed by atoms with Crippen molar-refractivity contribution in [1.82, 2.24) is 0 Å². The summed E-state index contributed by atoms with van der Waals surface area (Å²) in [6, 6.07) is 0. The van der Waals surface area contributed by atoms with Gasteiger partial charge in [-0.1, -0.05) is 41.5 Å². The summed E-state index contributed by atoms with van der Waals surface area (Å²) >= 11 is 0. The minimum atomic E-state index is 0.660. The van der Waals surface area contributed by atoms with Gasteiger partial charge < -0.3 is 0 Å². The zero-order valence-electron chi connectivity index (χ0n) is 16.1. The van der Waals surface area contributed by atoms with Crippen LogP contribution in [0.3, 0.4) is 0 Å². The lowest BCUT2D eigenvalue weighted by Crippen LogP contribution is -2.55. The van der Waals surface area contributed by atoms with E-state index in [2.05, 4.69) is 41.5 Å². The van der Waals surface area contributed by atoms with Crippen LogP contribution in [0, 0.1) is 46.3 Å². The third-order valence-electron chi connectivity index (χ3n) is 9.10. The summed E-state index contributed by atoms with van der Waals surface area (Å²) in [7, 11) is 0. The smallest absolute Gasteiger partial charge is 0.0241 e. The van der Waals surface area contributed by atoms with Crippen molar-refractivity contribution in [3.8, 4) is 0 Å². The Morgan fingerprint density at radius 3 is 1.23 bits per heavy atom. The Balaban J connectivity index is 1.70. The molecule has 0 spiro atoms. The van der Waals surface area contributed by atoms with Crippen LogP contribution in [0.2, 0.25) is 0 Å². The SMILES string of the molecule is CC(C)C1CCC([C@]2(C)CC[C@]2(C)C2CCC(C(C)C)C2)C1. The Morgan fingerprint density at radius 2 is 1.00 bits per heavy atom. The maximum absolute atomic E-state index is 2.69. The Labute approximate surface area is 139 Å². The first-order valence-corrected chi connectivity index (χ1v) is 10.3. The fourth-order valence-corrected chi connectivity index (χ4v) is 6.66. The van der Waals surface area contributed by atoms with Gasteiger partial charge in [0.05, 0.1) is 0 Å². The monoisotopic (exact) mass is 304 g/mol. The second kappa shape index (κ2) is 5.82. The maximum Gasteiger partial charge on any atom is -0.0241 e. The van der Waals surface area contributed by atoms with Crippen molar-refractivity contribution in [2.75, 3.05) is 0 Å². The summed E-state index contributed by atoms with van der Waals surface area (Å²) in [6.07, 6.45) is 12.2. The fraction of sp³-hybridized carbons (Fsp3) is 1.00. The first-order chi connectivity index (χ1) is 10.3. The van der Waals surface area contributed by atoms with E-state index in [4.69, 9.17) is 0 Å². The van der Waals surface area contributed by atoms with E-state index in [1.165, 1.54) is 51.4 Å². The van der Waals surface area contributed by atoms with Crippen molar-refractivity contribution in [1.29, 1.82) is 0 Å². The topological polar surface area (TPSA) is 0 Å². The Kier molecular flexibility index (Phi) is 4.45. The molecule has 3 saturated carbocycles. The second-order valence-corrected chi connectivity index (χ2v) is 10.4. The summed E-state index contributed by atoms with van der Waals surface area (Å²) in [5.41, 5.74) is 1.32. The molecule has 3 rings (SSSR count). The molecular weight excluding hydrogens is 264 g/mol. The summed E-state index contributed by atoms with van der Waals surface area (Å²) in [4.78, 5) is 0. The van der Waals surface area contributed by atoms with Crippen molar-refractivity contribution in [2.24, 2.45) is 46.3 Å². The quantitative estimate of drug-likeness (QED) is 0.528. The second-order valence-electron chi connectivity index (χ2n) is 10.4. The lowest BCUT2D eigenvalue weighted by atomic mass is 9.42. The summed E-state index contributed by atoms with van der Waals surface area (Å²) in [5, 5.41) is 0. The van der Waals surface area contributed by atoms with Gasteiger partial charge in [-0.3, -0.25) is 0 Å². The van der Waals surface area contributed by atoms with Crippen LogP contribution in [0.5, 0.6) is 0 Å². The normalized spacial score (nSPS) is 49.1. The molecule has 3 fully saturated rings. The van der Waals surface area contributed by atoms with Gasteiger partial charge in [0.25, 0.3) is 0 Å². The molecule has 4 unspecified atom stereocenters. The predicted octanol–water partition coefficient (Wildman–Crippen LogP) is 6.94. The van der Waals surface area contributed by atoms with Crippen molar-refractivity contribution in [3.05, 3.63) is 0 Å². The maximum atomic E-state index is 2.69. The van der Waals surface area contributed by atoms with Crippen LogP contribution in [0.1, 0.15) is 92.9 Å². The van der Waals surface area contributed by atoms with Gasteiger partial charge >= 0.3 is 0 Å². The summed E-state index contributed by atoms with van der Waals surface area (Å²) < 4.78 is 0. The highest BCUT2D eigenvalue weighted by Crippen LogP contribution is 2.69. The van der Waals surface area contributed by atoms with Crippen LogP contribution in [0.4, 0.5) is 0 Å². The van der Waals surface area contributed by atoms with Gasteiger partial charge in [0.1, 0.15) is 0 Å². The van der Waals surface area contributed by atoms with E-state index < -0.39 is 0 Å². The minimum absolute atomic E-state index is 0.660. The van der Waals surface area contributed by atoms with Crippen molar-refractivity contribution in [2.45, 2.75) is 92.9 Å². The number of hydrogen-bond acceptors (Lipinski definition) is 0. The Morgan fingerprint density at radius 1 is 0.636 bits per heavy atom. The van der Waals surface area contributed by atoms with E-state index in [0.717, 1.165) is 35.5 Å². The molecule has 0 nitrogen and oxygen atoms in total. The van der Waals surface area contributed by atoms with E-state index in [1.54, 1.807) is 0 Å². The van der Waals surface area contributed by atoms with Crippen LogP contribution in [-0.2, 0) is 0 Å². The van der Waals surface area contributed by atoms with E-state index in [9.17, 15) is 0 Å². The van der Waals surface area contributed by atoms with Crippen LogP contribution < -0.4 is 0 Å². The third kappa shape index (κ3) is 2.48. The average Bonchev–Trinajstić information content (AvgIpc) is 3.13. The van der Waals surface area contributed by atoms with Gasteiger partial charge in [-0.2, -0.15) is 0 Å². The van der Waals surface area contributed by atoms with Gasteiger partial charge in [0.2, 0.25) is 0 Å². The van der Waals surface area contributed by atoms with Crippen molar-refractivity contribution < 1.29 is 0 Å². The van der Waals surface area contributed by atoms with Gasteiger partial charge in [0.15, 0.2) is 0 Å². The molecule has 6 atom stereocenters. The standard InChI is InChI=1S/C22H40/c1-15(2)17-7-9-19(13-17)21(5)11-12-22(21,6)20-10-8-18(14-20)16(3)4/h15-20H,7-14H2,1-6H3/t17?,18?,19?,20?,21-,22+. The highest BCUT2D eigenvalue weighted by atomic mass is 14.7. The molecule has 0 bridgehead atoms. The van der Waals surface area contributed by atoms with Gasteiger partial charge in [-0.05, 0) is 97.7 Å². The molecule has 0 aromatic carbocycles. The summed E-state index contributed by atoms with van der Waals surface area (Å²) in [6.45, 7) is 15.2. The largest absolute Gasteiger partial charge is 0.0625 e. The molecule has 22 heavy (non-hydrogen) atoms. The summed E-state index contributed by atoms with van der Waals surface area (Å²) in [5.74, 6) is 5.87. The molecular formula is C22H40. The van der Waals surface area contributed by atoms with Crippen LogP contribution >= 0.6 is 0 Å². The molecule has 0 aromatic rings. The molecule has 0 heterocycles. The van der Waals surface area contributed by atoms with Gasteiger partial charge in [-0.25, -0.2) is 0 Å². The lowest BCUT2D eigenvalue weighted by Gasteiger charge is -2.63. The zero-order valence-corrected chi connectivity index (χ0v) is 16.1. The average molecular weight is 305 g/mol. The molecule has 0 heteroatoms. The molecule has 3 aliphatic rings. The van der Waals surface area contributed by atoms with Crippen LogP contribution in [0.25, 0.3) is 0 Å². The van der Waals surface area contributed by atoms with Gasteiger partial charge in [0, 0.05) is 0 Å². The lowest BCUT2D eigenvalue weighted by molar-refractivity contribution is -0.137. The molecule has 3 aliphatic carbocycles. The predicted molar refractivity (Wildman–Crippen MR) is 96.8 cm³/mol. The fourth-order valence-electron chi connectivity index (χ4n) is 6.66. The number of hydrogen-bond donors (Lipinski definition) is 0. The molecule has 0 N–H and O–H groups in total. The van der Waals surface area contributed by atoms with Crippen molar-refractivity contribution in [3.63, 3.8) is 0 Å². The molecule has 0 saturated heterocycles. The third-order valence-corrected chi connectivity index (χ3v) is 9.10. The van der Waals surface area contributed by atoms with Crippen LogP contribution in [0.15, 0.2) is 0 Å². The molecule has 0 radical (unpaired) electrons. The Bertz CT molecular complexity index is 357. The molecule has 128 valence electrons. The first-order valence-electron chi connectivity index (χ1n) is 10.3.